The number of hydrogen-bond donors (Lipinski definition) is 3. The predicted octanol–water partition coefficient (Wildman–Crippen LogP) is 2.29. The van der Waals surface area contributed by atoms with Gasteiger partial charge in [-0.2, -0.15) is 0 Å². The lowest BCUT2D eigenvalue weighted by Crippen LogP contribution is -2.71. The molecule has 3 fully saturated rings. The van der Waals surface area contributed by atoms with Crippen molar-refractivity contribution < 1.29 is 23.5 Å². The zero-order chi connectivity index (χ0) is 20.6. The summed E-state index contributed by atoms with van der Waals surface area (Å²) in [6.45, 7) is 2.39. The second-order valence-corrected chi connectivity index (χ2v) is 9.36. The van der Waals surface area contributed by atoms with Crippen molar-refractivity contribution in [3.63, 3.8) is 0 Å². The fraction of sp³-hybridized carbons (Fsp3) is 0.619. The maximum atomic E-state index is 13.3. The van der Waals surface area contributed by atoms with Gasteiger partial charge >= 0.3 is 6.03 Å². The van der Waals surface area contributed by atoms with Gasteiger partial charge in [0.1, 0.15) is 11.3 Å². The van der Waals surface area contributed by atoms with Crippen molar-refractivity contribution in [1.82, 2.24) is 15.5 Å². The highest BCUT2D eigenvalue weighted by Gasteiger charge is 2.67. The van der Waals surface area contributed by atoms with Crippen LogP contribution in [0.3, 0.4) is 0 Å². The molecule has 1 spiro atoms. The fourth-order valence-corrected chi connectivity index (χ4v) is 6.78. The van der Waals surface area contributed by atoms with Gasteiger partial charge in [0.25, 0.3) is 12.3 Å². The lowest BCUT2D eigenvalue weighted by molar-refractivity contribution is -0.138. The van der Waals surface area contributed by atoms with E-state index in [9.17, 15) is 23.5 Å². The lowest BCUT2D eigenvalue weighted by Gasteiger charge is -2.67. The number of fused-ring (bicyclic) bond motifs is 1. The van der Waals surface area contributed by atoms with Gasteiger partial charge in [0, 0.05) is 11.5 Å². The second-order valence-electron chi connectivity index (χ2n) is 9.36. The van der Waals surface area contributed by atoms with E-state index in [1.54, 1.807) is 12.1 Å². The predicted molar refractivity (Wildman–Crippen MR) is 101 cm³/mol. The summed E-state index contributed by atoms with van der Waals surface area (Å²) in [7, 11) is 0. The number of alkyl halides is 2. The molecule has 1 aromatic carbocycles. The van der Waals surface area contributed by atoms with Crippen LogP contribution in [-0.2, 0) is 16.6 Å². The third-order valence-electron chi connectivity index (χ3n) is 8.18. The Balaban J connectivity index is 1.66. The zero-order valence-electron chi connectivity index (χ0n) is 16.3. The van der Waals surface area contributed by atoms with Gasteiger partial charge in [-0.3, -0.25) is 15.0 Å². The van der Waals surface area contributed by atoms with Crippen LogP contribution < -0.4 is 10.6 Å². The zero-order valence-corrected chi connectivity index (χ0v) is 16.3. The molecule has 6 nitrogen and oxygen atoms in total. The van der Waals surface area contributed by atoms with E-state index in [0.717, 1.165) is 11.1 Å². The van der Waals surface area contributed by atoms with Crippen molar-refractivity contribution in [2.75, 3.05) is 13.1 Å². The highest BCUT2D eigenvalue weighted by atomic mass is 19.3. The molecule has 29 heavy (non-hydrogen) atoms. The number of phenols is 1. The number of carbonyl (C=O) groups excluding carboxylic acids is 2. The maximum absolute atomic E-state index is 13.3. The molecule has 0 aromatic heterocycles. The number of nitrogens with one attached hydrogen (secondary N) is 2. The first kappa shape index (κ1) is 18.8. The van der Waals surface area contributed by atoms with E-state index in [2.05, 4.69) is 17.6 Å². The van der Waals surface area contributed by atoms with Crippen LogP contribution in [0.4, 0.5) is 13.6 Å². The molecule has 2 heterocycles. The van der Waals surface area contributed by atoms with Crippen LogP contribution in [0.5, 0.6) is 5.75 Å². The number of carbonyl (C=O) groups is 2. The van der Waals surface area contributed by atoms with E-state index < -0.39 is 23.4 Å². The minimum atomic E-state index is -2.40. The first-order chi connectivity index (χ1) is 13.7. The second kappa shape index (κ2) is 5.90. The third-order valence-corrected chi connectivity index (χ3v) is 8.18. The van der Waals surface area contributed by atoms with Crippen LogP contribution in [0, 0.1) is 5.41 Å². The van der Waals surface area contributed by atoms with Gasteiger partial charge in [-0.25, -0.2) is 13.6 Å². The van der Waals surface area contributed by atoms with E-state index in [1.807, 2.05) is 11.0 Å². The standard InChI is InChI=1S/C21H25F2N3O3/c1-19-4-5-21(17(28)24-18(29)25-21)11-20(19)6-7-26(10-16(22)23)15(19)8-12-2-3-13(27)9-14(12)20/h2-3,9,15-16,27H,4-8,10-11H2,1H3,(H2,24,25,28,29)/t15-,19?,20-,21+/m1/s1. The van der Waals surface area contributed by atoms with Gasteiger partial charge in [0.15, 0.2) is 0 Å². The van der Waals surface area contributed by atoms with E-state index >= 15 is 0 Å². The molecule has 1 saturated carbocycles. The van der Waals surface area contributed by atoms with Gasteiger partial charge in [-0.1, -0.05) is 13.0 Å². The van der Waals surface area contributed by atoms with E-state index in [4.69, 9.17) is 0 Å². The highest BCUT2D eigenvalue weighted by Crippen LogP contribution is 2.65. The Kier molecular flexibility index (Phi) is 3.82. The molecule has 2 aliphatic heterocycles. The van der Waals surface area contributed by atoms with E-state index in [-0.39, 0.29) is 29.7 Å². The largest absolute Gasteiger partial charge is 0.508 e. The number of benzene rings is 1. The van der Waals surface area contributed by atoms with Crippen molar-refractivity contribution in [3.05, 3.63) is 29.3 Å². The summed E-state index contributed by atoms with van der Waals surface area (Å²) in [5, 5.41) is 15.5. The third kappa shape index (κ3) is 2.41. The van der Waals surface area contributed by atoms with Crippen molar-refractivity contribution in [2.24, 2.45) is 5.41 Å². The molecule has 3 amide bonds. The SMILES string of the molecule is CC12CC[C@@]3(C[C@@]14CCN(CC(F)F)[C@@H]2Cc1ccc(O)cc14)NC(=O)NC3=O. The minimum Gasteiger partial charge on any atom is -0.508 e. The topological polar surface area (TPSA) is 81.7 Å². The van der Waals surface area contributed by atoms with Gasteiger partial charge in [0.05, 0.1) is 6.54 Å². The Hall–Kier alpha value is -2.22. The molecule has 2 saturated heterocycles. The number of piperidine rings is 1. The van der Waals surface area contributed by atoms with Gasteiger partial charge in [0.2, 0.25) is 0 Å². The molecule has 156 valence electrons. The fourth-order valence-electron chi connectivity index (χ4n) is 6.78. The van der Waals surface area contributed by atoms with Gasteiger partial charge in [-0.15, -0.1) is 0 Å². The molecule has 2 bridgehead atoms. The van der Waals surface area contributed by atoms with Crippen LogP contribution in [0.2, 0.25) is 0 Å². The lowest BCUT2D eigenvalue weighted by atomic mass is 9.42. The summed E-state index contributed by atoms with van der Waals surface area (Å²) in [6, 6.07) is 4.74. The summed E-state index contributed by atoms with van der Waals surface area (Å²) in [5.74, 6) is -0.147. The summed E-state index contributed by atoms with van der Waals surface area (Å²) >= 11 is 0. The number of hydrogen-bond acceptors (Lipinski definition) is 4. The molecule has 1 unspecified atom stereocenters. The molecular weight excluding hydrogens is 380 g/mol. The first-order valence-electron chi connectivity index (χ1n) is 10.2. The number of phenolic OH excluding ortho intramolecular Hbond substituents is 1. The Bertz CT molecular complexity index is 909. The molecule has 5 rings (SSSR count). The van der Waals surface area contributed by atoms with Crippen LogP contribution in [0.15, 0.2) is 18.2 Å². The molecule has 3 N–H and O–H groups in total. The Labute approximate surface area is 167 Å². The van der Waals surface area contributed by atoms with E-state index in [1.165, 1.54) is 0 Å². The van der Waals surface area contributed by atoms with Crippen molar-refractivity contribution in [3.8, 4) is 5.75 Å². The number of aromatic hydroxyl groups is 1. The smallest absolute Gasteiger partial charge is 0.322 e. The number of likely N-dealkylation sites (tertiary alicyclic amines) is 1. The first-order valence-corrected chi connectivity index (χ1v) is 10.2. The minimum absolute atomic E-state index is 0.0696. The quantitative estimate of drug-likeness (QED) is 0.660. The number of nitrogens with zero attached hydrogens (tertiary/aromatic N) is 1. The number of urea groups is 1. The highest BCUT2D eigenvalue weighted by molar-refractivity contribution is 6.07. The Morgan fingerprint density at radius 1 is 1.28 bits per heavy atom. The van der Waals surface area contributed by atoms with Gasteiger partial charge in [-0.05, 0) is 67.3 Å². The number of halogens is 2. The van der Waals surface area contributed by atoms with Crippen LogP contribution in [0.25, 0.3) is 0 Å². The summed E-state index contributed by atoms with van der Waals surface area (Å²) in [6.07, 6.45) is 0.391. The maximum Gasteiger partial charge on any atom is 0.322 e. The average molecular weight is 405 g/mol. The monoisotopic (exact) mass is 405 g/mol. The normalized spacial score (nSPS) is 38.6. The molecule has 8 heteroatoms. The molecule has 4 aliphatic rings. The average Bonchev–Trinajstić information content (AvgIpc) is 2.91. The molecular formula is C21H25F2N3O3. The van der Waals surface area contributed by atoms with Gasteiger partial charge < -0.3 is 10.4 Å². The number of amides is 3. The molecule has 0 radical (unpaired) electrons. The Morgan fingerprint density at radius 3 is 2.76 bits per heavy atom. The van der Waals surface area contributed by atoms with Crippen molar-refractivity contribution in [2.45, 2.75) is 62.4 Å². The molecule has 1 aromatic rings. The van der Waals surface area contributed by atoms with Crippen molar-refractivity contribution >= 4 is 11.9 Å². The van der Waals surface area contributed by atoms with Crippen LogP contribution in [0.1, 0.15) is 43.7 Å². The van der Waals surface area contributed by atoms with Crippen LogP contribution >= 0.6 is 0 Å². The van der Waals surface area contributed by atoms with E-state index in [0.29, 0.717) is 38.6 Å². The van der Waals surface area contributed by atoms with Crippen molar-refractivity contribution in [1.29, 1.82) is 0 Å². The summed E-state index contributed by atoms with van der Waals surface area (Å²) < 4.78 is 26.6. The summed E-state index contributed by atoms with van der Waals surface area (Å²) in [4.78, 5) is 26.6. The molecule has 2 aliphatic carbocycles. The number of imide groups is 1. The van der Waals surface area contributed by atoms with Crippen LogP contribution in [-0.4, -0.2) is 53.0 Å². The number of rotatable bonds is 2. The Morgan fingerprint density at radius 2 is 2.07 bits per heavy atom. The summed E-state index contributed by atoms with van der Waals surface area (Å²) in [5.41, 5.74) is 0.244. The molecule has 4 atom stereocenters.